The Kier molecular flexibility index (Phi) is 5.25. The molecule has 1 N–H and O–H groups in total. The van der Waals surface area contributed by atoms with Crippen molar-refractivity contribution >= 4 is 23.3 Å². The maximum absolute atomic E-state index is 12.5. The Morgan fingerprint density at radius 3 is 2.54 bits per heavy atom. The quantitative estimate of drug-likeness (QED) is 0.922. The van der Waals surface area contributed by atoms with Gasteiger partial charge in [-0.05, 0) is 49.6 Å². The summed E-state index contributed by atoms with van der Waals surface area (Å²) in [6, 6.07) is 7.43. The zero-order valence-electron chi connectivity index (χ0n) is 13.5. The highest BCUT2D eigenvalue weighted by Crippen LogP contribution is 2.23. The lowest BCUT2D eigenvalue weighted by molar-refractivity contribution is -0.126. The highest BCUT2D eigenvalue weighted by atomic mass is 35.5. The molecule has 0 saturated carbocycles. The van der Waals surface area contributed by atoms with Crippen LogP contribution in [0, 0.1) is 5.92 Å². The van der Waals surface area contributed by atoms with Crippen molar-refractivity contribution < 1.29 is 4.79 Å². The van der Waals surface area contributed by atoms with Crippen LogP contribution in [-0.2, 0) is 4.79 Å². The molecule has 1 amide bonds. The minimum absolute atomic E-state index is 0.0133. The first-order valence-electron chi connectivity index (χ1n) is 8.08. The molecule has 3 rings (SSSR count). The highest BCUT2D eigenvalue weighted by Gasteiger charge is 2.26. The van der Waals surface area contributed by atoms with E-state index in [1.165, 1.54) is 0 Å². The molecule has 3 heterocycles. The summed E-state index contributed by atoms with van der Waals surface area (Å²) in [6.45, 7) is 3.57. The lowest BCUT2D eigenvalue weighted by Gasteiger charge is -2.32. The van der Waals surface area contributed by atoms with E-state index >= 15 is 0 Å². The van der Waals surface area contributed by atoms with Crippen molar-refractivity contribution in [2.75, 3.05) is 18.0 Å². The lowest BCUT2D eigenvalue weighted by Crippen LogP contribution is -2.41. The van der Waals surface area contributed by atoms with E-state index in [0.717, 1.165) is 37.3 Å². The van der Waals surface area contributed by atoms with Gasteiger partial charge in [0.15, 0.2) is 11.0 Å². The third kappa shape index (κ3) is 4.00. The van der Waals surface area contributed by atoms with E-state index in [9.17, 15) is 4.79 Å². The second kappa shape index (κ2) is 7.57. The van der Waals surface area contributed by atoms with Gasteiger partial charge in [0.1, 0.15) is 0 Å². The molecule has 1 saturated heterocycles. The number of amides is 1. The molecule has 6 nitrogen and oxygen atoms in total. The summed E-state index contributed by atoms with van der Waals surface area (Å²) in [5.74, 6) is 0.954. The van der Waals surface area contributed by atoms with Crippen molar-refractivity contribution in [2.45, 2.75) is 25.8 Å². The summed E-state index contributed by atoms with van der Waals surface area (Å²) in [5, 5.41) is 11.5. The van der Waals surface area contributed by atoms with Gasteiger partial charge in [0.05, 0.1) is 6.04 Å². The predicted octanol–water partition coefficient (Wildman–Crippen LogP) is 2.62. The van der Waals surface area contributed by atoms with Crippen LogP contribution in [0.2, 0.25) is 5.15 Å². The minimum Gasteiger partial charge on any atom is -0.355 e. The fourth-order valence-corrected chi connectivity index (χ4v) is 3.02. The molecule has 7 heteroatoms. The van der Waals surface area contributed by atoms with Crippen molar-refractivity contribution in [1.29, 1.82) is 0 Å². The molecule has 0 aromatic carbocycles. The standard InChI is InChI=1S/C17H20ClN5O/c1-12(13-4-8-19-9-5-13)20-17(24)14-6-10-23(11-7-14)16-3-2-15(18)21-22-16/h2-5,8-9,12,14H,6-7,10-11H2,1H3,(H,20,24)/t12-/m1/s1. The summed E-state index contributed by atoms with van der Waals surface area (Å²) in [6.07, 6.45) is 5.09. The number of halogens is 1. The number of carbonyl (C=O) groups excluding carboxylic acids is 1. The topological polar surface area (TPSA) is 71.0 Å². The van der Waals surface area contributed by atoms with Crippen LogP contribution in [0.15, 0.2) is 36.7 Å². The zero-order valence-corrected chi connectivity index (χ0v) is 14.3. The largest absolute Gasteiger partial charge is 0.355 e. The molecular weight excluding hydrogens is 326 g/mol. The van der Waals surface area contributed by atoms with Crippen LogP contribution in [0.4, 0.5) is 5.82 Å². The Bertz CT molecular complexity index is 671. The van der Waals surface area contributed by atoms with E-state index in [2.05, 4.69) is 25.4 Å². The highest BCUT2D eigenvalue weighted by molar-refractivity contribution is 6.29. The number of piperidine rings is 1. The van der Waals surface area contributed by atoms with E-state index < -0.39 is 0 Å². The Balaban J connectivity index is 1.52. The first-order chi connectivity index (χ1) is 11.6. The maximum Gasteiger partial charge on any atom is 0.223 e. The van der Waals surface area contributed by atoms with Crippen LogP contribution in [0.3, 0.4) is 0 Å². The third-order valence-corrected chi connectivity index (χ3v) is 4.57. The molecule has 2 aromatic rings. The van der Waals surface area contributed by atoms with Gasteiger partial charge >= 0.3 is 0 Å². The van der Waals surface area contributed by atoms with E-state index in [4.69, 9.17) is 11.6 Å². The Morgan fingerprint density at radius 1 is 1.21 bits per heavy atom. The van der Waals surface area contributed by atoms with Crippen LogP contribution in [0.5, 0.6) is 0 Å². The normalized spacial score (nSPS) is 16.7. The number of hydrogen-bond acceptors (Lipinski definition) is 5. The molecule has 0 spiro atoms. The average molecular weight is 346 g/mol. The Labute approximate surface area is 146 Å². The molecule has 1 aliphatic rings. The van der Waals surface area contributed by atoms with Crippen LogP contribution >= 0.6 is 11.6 Å². The van der Waals surface area contributed by atoms with Crippen LogP contribution < -0.4 is 10.2 Å². The number of nitrogens with one attached hydrogen (secondary N) is 1. The molecule has 24 heavy (non-hydrogen) atoms. The van der Waals surface area contributed by atoms with E-state index in [-0.39, 0.29) is 17.9 Å². The molecule has 126 valence electrons. The van der Waals surface area contributed by atoms with Gasteiger partial charge in [-0.2, -0.15) is 0 Å². The number of hydrogen-bond donors (Lipinski definition) is 1. The number of rotatable bonds is 4. The number of nitrogens with zero attached hydrogens (tertiary/aromatic N) is 4. The fourth-order valence-electron chi connectivity index (χ4n) is 2.92. The lowest BCUT2D eigenvalue weighted by atomic mass is 9.95. The van der Waals surface area contributed by atoms with Crippen LogP contribution in [-0.4, -0.2) is 34.2 Å². The van der Waals surface area contributed by atoms with E-state index in [0.29, 0.717) is 5.15 Å². The second-order valence-electron chi connectivity index (χ2n) is 5.99. The van der Waals surface area contributed by atoms with Crippen LogP contribution in [0.25, 0.3) is 0 Å². The van der Waals surface area contributed by atoms with Gasteiger partial charge in [-0.1, -0.05) is 11.6 Å². The van der Waals surface area contributed by atoms with Gasteiger partial charge in [0.25, 0.3) is 0 Å². The first-order valence-corrected chi connectivity index (χ1v) is 8.46. The molecule has 0 unspecified atom stereocenters. The Hall–Kier alpha value is -2.21. The summed E-state index contributed by atoms with van der Waals surface area (Å²) < 4.78 is 0. The van der Waals surface area contributed by atoms with Crippen LogP contribution in [0.1, 0.15) is 31.4 Å². The summed E-state index contributed by atoms with van der Waals surface area (Å²) >= 11 is 5.77. The number of anilines is 1. The summed E-state index contributed by atoms with van der Waals surface area (Å²) in [7, 11) is 0. The van der Waals surface area contributed by atoms with Crippen molar-refractivity contribution in [3.63, 3.8) is 0 Å². The van der Waals surface area contributed by atoms with Gasteiger partial charge < -0.3 is 10.2 Å². The SMILES string of the molecule is C[C@@H](NC(=O)C1CCN(c2ccc(Cl)nn2)CC1)c1ccncc1. The molecule has 1 atom stereocenters. The number of aromatic nitrogens is 3. The maximum atomic E-state index is 12.5. The summed E-state index contributed by atoms with van der Waals surface area (Å²) in [4.78, 5) is 18.6. The summed E-state index contributed by atoms with van der Waals surface area (Å²) in [5.41, 5.74) is 1.06. The van der Waals surface area contributed by atoms with Crippen molar-refractivity contribution in [2.24, 2.45) is 5.92 Å². The monoisotopic (exact) mass is 345 g/mol. The molecule has 2 aromatic heterocycles. The molecule has 0 bridgehead atoms. The number of pyridine rings is 1. The average Bonchev–Trinajstić information content (AvgIpc) is 2.63. The molecule has 0 aliphatic carbocycles. The van der Waals surface area contributed by atoms with E-state index in [1.54, 1.807) is 18.5 Å². The van der Waals surface area contributed by atoms with Gasteiger partial charge in [0.2, 0.25) is 5.91 Å². The zero-order chi connectivity index (χ0) is 16.9. The third-order valence-electron chi connectivity index (χ3n) is 4.37. The first kappa shape index (κ1) is 16.6. The minimum atomic E-state index is -0.0133. The number of carbonyl (C=O) groups is 1. The van der Waals surface area contributed by atoms with Gasteiger partial charge in [-0.25, -0.2) is 0 Å². The predicted molar refractivity (Wildman–Crippen MR) is 92.8 cm³/mol. The molecule has 0 radical (unpaired) electrons. The van der Waals surface area contributed by atoms with Crippen molar-refractivity contribution in [3.8, 4) is 0 Å². The van der Waals surface area contributed by atoms with Gasteiger partial charge in [-0.3, -0.25) is 9.78 Å². The van der Waals surface area contributed by atoms with Crippen molar-refractivity contribution in [3.05, 3.63) is 47.4 Å². The molecular formula is C17H20ClN5O. The van der Waals surface area contributed by atoms with E-state index in [1.807, 2.05) is 25.1 Å². The Morgan fingerprint density at radius 2 is 1.92 bits per heavy atom. The fraction of sp³-hybridized carbons (Fsp3) is 0.412. The molecule has 1 fully saturated rings. The van der Waals surface area contributed by atoms with Crippen molar-refractivity contribution in [1.82, 2.24) is 20.5 Å². The van der Waals surface area contributed by atoms with Gasteiger partial charge in [0, 0.05) is 31.4 Å². The van der Waals surface area contributed by atoms with Gasteiger partial charge in [-0.15, -0.1) is 10.2 Å². The molecule has 1 aliphatic heterocycles. The second-order valence-corrected chi connectivity index (χ2v) is 6.37. The smallest absolute Gasteiger partial charge is 0.223 e.